The van der Waals surface area contributed by atoms with Crippen LogP contribution >= 0.6 is 0 Å². The number of aryl methyl sites for hydroxylation is 1. The van der Waals surface area contributed by atoms with E-state index in [1.165, 1.54) is 6.20 Å². The molecule has 0 aliphatic rings. The highest BCUT2D eigenvalue weighted by Crippen LogP contribution is 2.23. The maximum absolute atomic E-state index is 11.0. The molecule has 7 nitrogen and oxygen atoms in total. The zero-order chi connectivity index (χ0) is 14.3. The highest BCUT2D eigenvalue weighted by molar-refractivity contribution is 5.47. The molecule has 2 N–H and O–H groups in total. The summed E-state index contributed by atoms with van der Waals surface area (Å²) in [6, 6.07) is 0. The van der Waals surface area contributed by atoms with Gasteiger partial charge in [0, 0.05) is 30.4 Å². The van der Waals surface area contributed by atoms with Crippen LogP contribution in [0.4, 0.5) is 5.69 Å². The van der Waals surface area contributed by atoms with Gasteiger partial charge in [0.2, 0.25) is 0 Å². The van der Waals surface area contributed by atoms with Crippen LogP contribution in [0, 0.1) is 24.0 Å². The lowest BCUT2D eigenvalue weighted by Gasteiger charge is -2.09. The number of nitro groups is 1. The van der Waals surface area contributed by atoms with Gasteiger partial charge in [-0.25, -0.2) is 0 Å². The van der Waals surface area contributed by atoms with E-state index in [2.05, 4.69) is 10.3 Å². The van der Waals surface area contributed by atoms with Crippen LogP contribution in [0.1, 0.15) is 16.8 Å². The molecular weight excluding hydrogens is 250 g/mol. The van der Waals surface area contributed by atoms with Gasteiger partial charge in [-0.2, -0.15) is 0 Å². The number of hydrogen-bond acceptors (Lipinski definition) is 6. The van der Waals surface area contributed by atoms with Crippen molar-refractivity contribution in [2.24, 2.45) is 0 Å². The molecule has 0 aliphatic carbocycles. The van der Waals surface area contributed by atoms with Crippen molar-refractivity contribution in [3.63, 3.8) is 0 Å². The van der Waals surface area contributed by atoms with Gasteiger partial charge >= 0.3 is 0 Å². The number of ether oxygens (including phenoxy) is 1. The zero-order valence-electron chi connectivity index (χ0n) is 11.2. The average Bonchev–Trinajstić information content (AvgIpc) is 2.35. The van der Waals surface area contributed by atoms with E-state index in [9.17, 15) is 10.1 Å². The van der Waals surface area contributed by atoms with Crippen molar-refractivity contribution < 1.29 is 14.8 Å². The van der Waals surface area contributed by atoms with Crippen LogP contribution < -0.4 is 5.32 Å². The lowest BCUT2D eigenvalue weighted by Crippen LogP contribution is -2.21. The smallest absolute Gasteiger partial charge is 0.278 e. The van der Waals surface area contributed by atoms with Crippen molar-refractivity contribution in [2.45, 2.75) is 20.4 Å². The van der Waals surface area contributed by atoms with Crippen molar-refractivity contribution in [2.75, 3.05) is 26.4 Å². The van der Waals surface area contributed by atoms with E-state index in [1.807, 2.05) is 0 Å². The molecule has 0 saturated carbocycles. The molecule has 0 radical (unpaired) electrons. The second kappa shape index (κ2) is 7.78. The number of aliphatic hydroxyl groups is 1. The van der Waals surface area contributed by atoms with Crippen LogP contribution in [0.2, 0.25) is 0 Å². The van der Waals surface area contributed by atoms with Crippen molar-refractivity contribution in [1.82, 2.24) is 10.3 Å². The fraction of sp³-hybridized carbons (Fsp3) is 0.583. The number of rotatable bonds is 8. The van der Waals surface area contributed by atoms with Gasteiger partial charge in [-0.1, -0.05) is 0 Å². The monoisotopic (exact) mass is 269 g/mol. The third kappa shape index (κ3) is 4.55. The van der Waals surface area contributed by atoms with Gasteiger partial charge in [0.25, 0.3) is 5.69 Å². The lowest BCUT2D eigenvalue weighted by molar-refractivity contribution is -0.386. The highest BCUT2D eigenvalue weighted by atomic mass is 16.6. The molecular formula is C12H19N3O4. The summed E-state index contributed by atoms with van der Waals surface area (Å²) in [7, 11) is 0. The Balaban J connectivity index is 2.55. The number of hydrogen-bond donors (Lipinski definition) is 2. The minimum absolute atomic E-state index is 0.00478. The van der Waals surface area contributed by atoms with E-state index in [0.717, 1.165) is 0 Å². The Morgan fingerprint density at radius 1 is 1.47 bits per heavy atom. The van der Waals surface area contributed by atoms with E-state index in [1.54, 1.807) is 13.8 Å². The van der Waals surface area contributed by atoms with Crippen LogP contribution in [0.25, 0.3) is 0 Å². The topological polar surface area (TPSA) is 97.5 Å². The van der Waals surface area contributed by atoms with E-state index in [4.69, 9.17) is 9.84 Å². The van der Waals surface area contributed by atoms with Crippen molar-refractivity contribution >= 4 is 5.69 Å². The zero-order valence-corrected chi connectivity index (χ0v) is 11.2. The fourth-order valence-electron chi connectivity index (χ4n) is 1.74. The van der Waals surface area contributed by atoms with Gasteiger partial charge in [0.1, 0.15) is 0 Å². The SMILES string of the molecule is Cc1cnc(CNCCOCCO)c(C)c1[N+](=O)[O-]. The Hall–Kier alpha value is -1.57. The number of pyridine rings is 1. The lowest BCUT2D eigenvalue weighted by atomic mass is 10.1. The number of aliphatic hydroxyl groups excluding tert-OH is 1. The standard InChI is InChI=1S/C12H19N3O4/c1-9-7-14-11(10(2)12(9)15(17)18)8-13-3-5-19-6-4-16/h7,13,16H,3-6,8H2,1-2H3. The molecule has 0 aromatic carbocycles. The van der Waals surface area contributed by atoms with E-state index < -0.39 is 0 Å². The predicted molar refractivity (Wildman–Crippen MR) is 70.0 cm³/mol. The second-order valence-corrected chi connectivity index (χ2v) is 4.13. The van der Waals surface area contributed by atoms with Crippen LogP contribution in [-0.4, -0.2) is 41.4 Å². The first-order valence-electron chi connectivity index (χ1n) is 6.06. The summed E-state index contributed by atoms with van der Waals surface area (Å²) in [5, 5.41) is 22.6. The third-order valence-electron chi connectivity index (χ3n) is 2.71. The summed E-state index contributed by atoms with van der Waals surface area (Å²) < 4.78 is 5.09. The molecule has 0 aliphatic heterocycles. The summed E-state index contributed by atoms with van der Waals surface area (Å²) in [6.07, 6.45) is 1.52. The van der Waals surface area contributed by atoms with E-state index in [-0.39, 0.29) is 17.2 Å². The van der Waals surface area contributed by atoms with E-state index >= 15 is 0 Å². The molecule has 0 spiro atoms. The number of nitrogens with one attached hydrogen (secondary N) is 1. The van der Waals surface area contributed by atoms with Crippen LogP contribution in [0.5, 0.6) is 0 Å². The third-order valence-corrected chi connectivity index (χ3v) is 2.71. The molecule has 106 valence electrons. The first-order chi connectivity index (χ1) is 9.07. The predicted octanol–water partition coefficient (Wildman–Crippen LogP) is 0.705. The normalized spacial score (nSPS) is 10.7. The maximum Gasteiger partial charge on any atom is 0.278 e. The quantitative estimate of drug-likeness (QED) is 0.409. The molecule has 0 fully saturated rings. The Kier molecular flexibility index (Phi) is 6.34. The van der Waals surface area contributed by atoms with Crippen molar-refractivity contribution in [1.29, 1.82) is 0 Å². The molecule has 1 heterocycles. The summed E-state index contributed by atoms with van der Waals surface area (Å²) in [4.78, 5) is 14.8. The fourth-order valence-corrected chi connectivity index (χ4v) is 1.74. The molecule has 0 saturated heterocycles. The minimum atomic E-state index is -0.375. The first-order valence-corrected chi connectivity index (χ1v) is 6.06. The molecule has 0 atom stereocenters. The second-order valence-electron chi connectivity index (χ2n) is 4.13. The van der Waals surface area contributed by atoms with Gasteiger partial charge in [0.05, 0.1) is 30.4 Å². The van der Waals surface area contributed by atoms with Crippen LogP contribution in [-0.2, 0) is 11.3 Å². The van der Waals surface area contributed by atoms with Crippen LogP contribution in [0.3, 0.4) is 0 Å². The molecule has 1 rings (SSSR count). The molecule has 1 aromatic rings. The van der Waals surface area contributed by atoms with E-state index in [0.29, 0.717) is 43.1 Å². The minimum Gasteiger partial charge on any atom is -0.394 e. The first kappa shape index (κ1) is 15.5. The summed E-state index contributed by atoms with van der Waals surface area (Å²) in [5.74, 6) is 0. The summed E-state index contributed by atoms with van der Waals surface area (Å²) in [5.41, 5.74) is 1.95. The molecule has 0 bridgehead atoms. The highest BCUT2D eigenvalue weighted by Gasteiger charge is 2.18. The molecule has 0 unspecified atom stereocenters. The van der Waals surface area contributed by atoms with Gasteiger partial charge < -0.3 is 15.2 Å². The molecule has 19 heavy (non-hydrogen) atoms. The Morgan fingerprint density at radius 3 is 2.84 bits per heavy atom. The van der Waals surface area contributed by atoms with Crippen molar-refractivity contribution in [3.05, 3.63) is 33.1 Å². The molecule has 1 aromatic heterocycles. The summed E-state index contributed by atoms with van der Waals surface area (Å²) >= 11 is 0. The Labute approximate surface area is 111 Å². The molecule has 7 heteroatoms. The number of aromatic nitrogens is 1. The maximum atomic E-state index is 11.0. The average molecular weight is 269 g/mol. The molecule has 0 amide bonds. The Morgan fingerprint density at radius 2 is 2.21 bits per heavy atom. The van der Waals surface area contributed by atoms with Gasteiger partial charge in [-0.3, -0.25) is 15.1 Å². The van der Waals surface area contributed by atoms with Gasteiger partial charge in [-0.15, -0.1) is 0 Å². The van der Waals surface area contributed by atoms with Gasteiger partial charge in [-0.05, 0) is 13.8 Å². The van der Waals surface area contributed by atoms with Crippen molar-refractivity contribution in [3.8, 4) is 0 Å². The van der Waals surface area contributed by atoms with Crippen LogP contribution in [0.15, 0.2) is 6.20 Å². The summed E-state index contributed by atoms with van der Waals surface area (Å²) in [6.45, 7) is 5.24. The Bertz CT molecular complexity index is 437. The largest absolute Gasteiger partial charge is 0.394 e. The van der Waals surface area contributed by atoms with Gasteiger partial charge in [0.15, 0.2) is 0 Å². The number of nitrogens with zero attached hydrogens (tertiary/aromatic N) is 2.